The lowest BCUT2D eigenvalue weighted by atomic mass is 10.0. The second kappa shape index (κ2) is 12.3. The van der Waals surface area contributed by atoms with Crippen molar-refractivity contribution in [2.45, 2.75) is 30.7 Å². The summed E-state index contributed by atoms with van der Waals surface area (Å²) >= 11 is 0. The molecule has 0 bridgehead atoms. The van der Waals surface area contributed by atoms with Crippen LogP contribution in [0.2, 0.25) is 0 Å². The Balaban J connectivity index is 1.61. The van der Waals surface area contributed by atoms with Crippen molar-refractivity contribution in [3.05, 3.63) is 108 Å². The van der Waals surface area contributed by atoms with E-state index in [-0.39, 0.29) is 23.3 Å². The van der Waals surface area contributed by atoms with Gasteiger partial charge in [0, 0.05) is 7.11 Å². The topological polar surface area (TPSA) is 118 Å². The normalized spacial score (nSPS) is 21.6. The minimum absolute atomic E-state index is 0.144. The van der Waals surface area contributed by atoms with Crippen LogP contribution in [-0.4, -0.2) is 67.4 Å². The van der Waals surface area contributed by atoms with Gasteiger partial charge in [0.15, 0.2) is 24.6 Å². The summed E-state index contributed by atoms with van der Waals surface area (Å²) in [7, 11) is 1.40. The van der Waals surface area contributed by atoms with E-state index in [9.17, 15) is 19.5 Å². The highest BCUT2D eigenvalue weighted by atomic mass is 16.7. The summed E-state index contributed by atoms with van der Waals surface area (Å²) in [6.45, 7) is -0.144. The molecule has 0 aromatic heterocycles. The molecule has 192 valence electrons. The Kier molecular flexibility index (Phi) is 8.63. The van der Waals surface area contributed by atoms with Gasteiger partial charge < -0.3 is 28.8 Å². The Morgan fingerprint density at radius 3 is 1.62 bits per heavy atom. The van der Waals surface area contributed by atoms with Gasteiger partial charge in [-0.05, 0) is 36.4 Å². The number of hydrogen-bond donors (Lipinski definition) is 1. The van der Waals surface area contributed by atoms with E-state index >= 15 is 0 Å². The first-order chi connectivity index (χ1) is 18.0. The van der Waals surface area contributed by atoms with Crippen LogP contribution in [0.15, 0.2) is 91.0 Å². The van der Waals surface area contributed by atoms with Gasteiger partial charge in [0.1, 0.15) is 6.10 Å². The Bertz CT molecular complexity index is 1180. The quantitative estimate of drug-likeness (QED) is 0.345. The van der Waals surface area contributed by atoms with Gasteiger partial charge in [-0.25, -0.2) is 14.4 Å². The second-order valence-electron chi connectivity index (χ2n) is 8.23. The van der Waals surface area contributed by atoms with Crippen LogP contribution in [-0.2, 0) is 23.7 Å². The first kappa shape index (κ1) is 26.0. The SMILES string of the molecule is COC[C@@H](OC(=O)c1ccccc1)[C@@H]1OC(O)[C@H](OC(=O)c2ccccc2)[C@H]1OC(=O)c1ccccc1. The molecular formula is C28H26O9. The summed E-state index contributed by atoms with van der Waals surface area (Å²) in [5.41, 5.74) is 0.752. The van der Waals surface area contributed by atoms with Crippen LogP contribution < -0.4 is 0 Å². The average molecular weight is 507 g/mol. The number of aliphatic hydroxyl groups is 1. The zero-order valence-electron chi connectivity index (χ0n) is 20.0. The molecule has 0 saturated carbocycles. The highest BCUT2D eigenvalue weighted by molar-refractivity contribution is 5.91. The summed E-state index contributed by atoms with van der Waals surface area (Å²) < 4.78 is 27.7. The third kappa shape index (κ3) is 6.39. The minimum Gasteiger partial charge on any atom is -0.453 e. The van der Waals surface area contributed by atoms with Crippen LogP contribution >= 0.6 is 0 Å². The van der Waals surface area contributed by atoms with E-state index < -0.39 is 48.6 Å². The molecule has 1 unspecified atom stereocenters. The lowest BCUT2D eigenvalue weighted by Crippen LogP contribution is -2.47. The standard InChI is InChI=1S/C28H26O9/c1-33-17-21(34-25(29)18-11-5-2-6-12-18)22-23(36-26(30)19-13-7-3-8-14-19)24(28(32)35-22)37-27(31)20-15-9-4-10-16-20/h2-16,21-24,28,32H,17H2,1H3/t21-,22+,23+,24-,28?/m1/s1. The number of rotatable bonds is 9. The van der Waals surface area contributed by atoms with Crippen LogP contribution in [0.4, 0.5) is 0 Å². The number of methoxy groups -OCH3 is 1. The Morgan fingerprint density at radius 2 is 1.16 bits per heavy atom. The molecule has 1 aliphatic rings. The summed E-state index contributed by atoms with van der Waals surface area (Å²) in [5, 5.41) is 10.7. The number of benzene rings is 3. The molecule has 1 N–H and O–H groups in total. The van der Waals surface area contributed by atoms with Gasteiger partial charge in [-0.1, -0.05) is 54.6 Å². The number of hydrogen-bond acceptors (Lipinski definition) is 9. The van der Waals surface area contributed by atoms with E-state index in [1.54, 1.807) is 91.0 Å². The number of aliphatic hydroxyl groups excluding tert-OH is 1. The first-order valence-corrected chi connectivity index (χ1v) is 11.6. The van der Waals surface area contributed by atoms with E-state index in [0.29, 0.717) is 0 Å². The zero-order valence-corrected chi connectivity index (χ0v) is 20.0. The second-order valence-corrected chi connectivity index (χ2v) is 8.23. The molecule has 5 atom stereocenters. The fourth-order valence-electron chi connectivity index (χ4n) is 3.90. The molecule has 0 amide bonds. The Labute approximate surface area is 213 Å². The van der Waals surface area contributed by atoms with Gasteiger partial charge in [-0.2, -0.15) is 0 Å². The molecule has 37 heavy (non-hydrogen) atoms. The smallest absolute Gasteiger partial charge is 0.338 e. The van der Waals surface area contributed by atoms with Crippen LogP contribution in [0.25, 0.3) is 0 Å². The lowest BCUT2D eigenvalue weighted by Gasteiger charge is -2.28. The maximum atomic E-state index is 12.9. The average Bonchev–Trinajstić information content (AvgIpc) is 3.24. The van der Waals surface area contributed by atoms with Gasteiger partial charge in [0.25, 0.3) is 0 Å². The predicted molar refractivity (Wildman–Crippen MR) is 130 cm³/mol. The fourth-order valence-corrected chi connectivity index (χ4v) is 3.90. The van der Waals surface area contributed by atoms with E-state index in [0.717, 1.165) is 0 Å². The molecule has 1 fully saturated rings. The fraction of sp³-hybridized carbons (Fsp3) is 0.250. The highest BCUT2D eigenvalue weighted by Crippen LogP contribution is 2.31. The van der Waals surface area contributed by atoms with Crippen molar-refractivity contribution in [2.75, 3.05) is 13.7 Å². The third-order valence-corrected chi connectivity index (χ3v) is 5.70. The zero-order chi connectivity index (χ0) is 26.2. The van der Waals surface area contributed by atoms with Crippen molar-refractivity contribution in [1.29, 1.82) is 0 Å². The largest absolute Gasteiger partial charge is 0.453 e. The van der Waals surface area contributed by atoms with Crippen LogP contribution in [0.5, 0.6) is 0 Å². The van der Waals surface area contributed by atoms with E-state index in [4.69, 9.17) is 23.7 Å². The Hall–Kier alpha value is -4.05. The number of ether oxygens (including phenoxy) is 5. The van der Waals surface area contributed by atoms with Crippen LogP contribution in [0.3, 0.4) is 0 Å². The van der Waals surface area contributed by atoms with Crippen molar-refractivity contribution in [3.63, 3.8) is 0 Å². The number of esters is 3. The molecule has 0 aliphatic carbocycles. The van der Waals surface area contributed by atoms with Crippen molar-refractivity contribution in [3.8, 4) is 0 Å². The maximum absolute atomic E-state index is 12.9. The van der Waals surface area contributed by atoms with Crippen LogP contribution in [0.1, 0.15) is 31.1 Å². The maximum Gasteiger partial charge on any atom is 0.338 e. The molecule has 0 radical (unpaired) electrons. The Morgan fingerprint density at radius 1 is 0.730 bits per heavy atom. The predicted octanol–water partition coefficient (Wildman–Crippen LogP) is 3.03. The summed E-state index contributed by atoms with van der Waals surface area (Å²) in [6, 6.07) is 24.6. The van der Waals surface area contributed by atoms with Crippen molar-refractivity contribution >= 4 is 17.9 Å². The molecule has 1 aliphatic heterocycles. The molecule has 9 heteroatoms. The van der Waals surface area contributed by atoms with E-state index in [1.165, 1.54) is 7.11 Å². The third-order valence-electron chi connectivity index (χ3n) is 5.70. The molecule has 3 aromatic carbocycles. The lowest BCUT2D eigenvalue weighted by molar-refractivity contribution is -0.154. The van der Waals surface area contributed by atoms with E-state index in [2.05, 4.69) is 0 Å². The van der Waals surface area contributed by atoms with Crippen LogP contribution in [0, 0.1) is 0 Å². The van der Waals surface area contributed by atoms with Gasteiger partial charge in [0.2, 0.25) is 0 Å². The minimum atomic E-state index is -1.67. The van der Waals surface area contributed by atoms with Crippen molar-refractivity contribution in [1.82, 2.24) is 0 Å². The highest BCUT2D eigenvalue weighted by Gasteiger charge is 2.53. The van der Waals surface area contributed by atoms with Gasteiger partial charge >= 0.3 is 17.9 Å². The number of carbonyl (C=O) groups is 3. The van der Waals surface area contributed by atoms with Crippen molar-refractivity contribution in [2.24, 2.45) is 0 Å². The first-order valence-electron chi connectivity index (χ1n) is 11.6. The summed E-state index contributed by atoms with van der Waals surface area (Å²) in [6.07, 6.45) is -6.70. The van der Waals surface area contributed by atoms with Gasteiger partial charge in [-0.3, -0.25) is 0 Å². The van der Waals surface area contributed by atoms with Crippen molar-refractivity contribution < 1.29 is 43.2 Å². The molecule has 1 heterocycles. The van der Waals surface area contributed by atoms with Gasteiger partial charge in [0.05, 0.1) is 23.3 Å². The molecule has 3 aromatic rings. The monoisotopic (exact) mass is 506 g/mol. The molecule has 1 saturated heterocycles. The molecule has 9 nitrogen and oxygen atoms in total. The molecule has 0 spiro atoms. The molecular weight excluding hydrogens is 480 g/mol. The van der Waals surface area contributed by atoms with Gasteiger partial charge in [-0.15, -0.1) is 0 Å². The van der Waals surface area contributed by atoms with E-state index in [1.807, 2.05) is 0 Å². The summed E-state index contributed by atoms with van der Waals surface area (Å²) in [4.78, 5) is 38.5. The molecule has 4 rings (SSSR count). The number of carbonyl (C=O) groups excluding carboxylic acids is 3. The summed E-state index contributed by atoms with van der Waals surface area (Å²) in [5.74, 6) is -2.16.